The second kappa shape index (κ2) is 10.4. The summed E-state index contributed by atoms with van der Waals surface area (Å²) < 4.78 is 0. The third kappa shape index (κ3) is 5.01. The highest BCUT2D eigenvalue weighted by Crippen LogP contribution is 2.44. The Bertz CT molecular complexity index is 997. The average Bonchev–Trinajstić information content (AvgIpc) is 2.75. The molecule has 0 fully saturated rings. The molecule has 2 aromatic rings. The molecule has 0 radical (unpaired) electrons. The Morgan fingerprint density at radius 3 is 1.47 bits per heavy atom. The molecule has 0 saturated carbocycles. The van der Waals surface area contributed by atoms with Crippen molar-refractivity contribution in [3.63, 3.8) is 0 Å². The standard InChI is InChI=1S/C28H34O4/c1-18(2)20(5)22-12-7-9-14-24(22)28(27(31)32,17-11-16-26(29)30)25-15-10-8-13-23(25)21(6)19(3)4/h7-10,12-15H,11,16-17H2,1-6H3,(H,29,30)(H,31,32). The van der Waals surface area contributed by atoms with E-state index in [1.165, 1.54) is 0 Å². The molecule has 0 aliphatic carbocycles. The monoisotopic (exact) mass is 434 g/mol. The summed E-state index contributed by atoms with van der Waals surface area (Å²) in [5.74, 6) is -1.89. The van der Waals surface area contributed by atoms with Crippen LogP contribution in [0, 0.1) is 0 Å². The van der Waals surface area contributed by atoms with Gasteiger partial charge >= 0.3 is 11.9 Å². The zero-order valence-electron chi connectivity index (χ0n) is 20.0. The molecule has 4 heteroatoms. The fourth-order valence-electron chi connectivity index (χ4n) is 4.16. The Balaban J connectivity index is 2.98. The van der Waals surface area contributed by atoms with Crippen LogP contribution in [0.3, 0.4) is 0 Å². The van der Waals surface area contributed by atoms with Crippen molar-refractivity contribution in [2.24, 2.45) is 0 Å². The van der Waals surface area contributed by atoms with Crippen LogP contribution in [0.4, 0.5) is 0 Å². The number of allylic oxidation sites excluding steroid dienone is 4. The zero-order valence-corrected chi connectivity index (χ0v) is 20.0. The molecule has 0 spiro atoms. The maximum Gasteiger partial charge on any atom is 0.318 e. The molecule has 0 heterocycles. The highest BCUT2D eigenvalue weighted by atomic mass is 16.4. The van der Waals surface area contributed by atoms with Gasteiger partial charge in [-0.2, -0.15) is 0 Å². The van der Waals surface area contributed by atoms with E-state index in [1.54, 1.807) is 0 Å². The predicted molar refractivity (Wildman–Crippen MR) is 131 cm³/mol. The maximum absolute atomic E-state index is 13.2. The minimum atomic E-state index is -1.38. The van der Waals surface area contributed by atoms with Crippen LogP contribution < -0.4 is 0 Å². The van der Waals surface area contributed by atoms with E-state index in [9.17, 15) is 19.8 Å². The molecular formula is C28H34O4. The molecule has 32 heavy (non-hydrogen) atoms. The lowest BCUT2D eigenvalue weighted by Gasteiger charge is -2.35. The molecule has 4 nitrogen and oxygen atoms in total. The summed E-state index contributed by atoms with van der Waals surface area (Å²) in [6.07, 6.45) is 0.364. The van der Waals surface area contributed by atoms with Crippen LogP contribution in [-0.4, -0.2) is 22.2 Å². The number of rotatable bonds is 9. The lowest BCUT2D eigenvalue weighted by Crippen LogP contribution is -2.39. The van der Waals surface area contributed by atoms with Crippen LogP contribution in [-0.2, 0) is 15.0 Å². The smallest absolute Gasteiger partial charge is 0.318 e. The van der Waals surface area contributed by atoms with Gasteiger partial charge in [0.05, 0.1) is 0 Å². The Kier molecular flexibility index (Phi) is 8.20. The zero-order chi connectivity index (χ0) is 24.1. The third-order valence-electron chi connectivity index (χ3n) is 6.39. The first-order valence-corrected chi connectivity index (χ1v) is 11.0. The van der Waals surface area contributed by atoms with E-state index in [2.05, 4.69) is 0 Å². The van der Waals surface area contributed by atoms with Crippen molar-refractivity contribution >= 4 is 23.1 Å². The van der Waals surface area contributed by atoms with Gasteiger partial charge in [0.25, 0.3) is 0 Å². The number of hydrogen-bond acceptors (Lipinski definition) is 2. The molecule has 0 aliphatic heterocycles. The fraction of sp³-hybridized carbons (Fsp3) is 0.357. The van der Waals surface area contributed by atoms with Gasteiger partial charge in [0.2, 0.25) is 0 Å². The topological polar surface area (TPSA) is 74.6 Å². The van der Waals surface area contributed by atoms with E-state index in [0.29, 0.717) is 11.1 Å². The molecule has 2 rings (SSSR count). The van der Waals surface area contributed by atoms with Gasteiger partial charge in [-0.05, 0) is 87.8 Å². The van der Waals surface area contributed by atoms with Gasteiger partial charge in [-0.25, -0.2) is 0 Å². The summed E-state index contributed by atoms with van der Waals surface area (Å²) >= 11 is 0. The first-order valence-electron chi connectivity index (χ1n) is 11.0. The summed E-state index contributed by atoms with van der Waals surface area (Å²) in [7, 11) is 0. The summed E-state index contributed by atoms with van der Waals surface area (Å²) in [6, 6.07) is 15.2. The van der Waals surface area contributed by atoms with Crippen molar-refractivity contribution in [1.29, 1.82) is 0 Å². The van der Waals surface area contributed by atoms with Crippen LogP contribution >= 0.6 is 0 Å². The molecule has 0 aromatic heterocycles. The molecule has 170 valence electrons. The average molecular weight is 435 g/mol. The van der Waals surface area contributed by atoms with Crippen LogP contribution in [0.1, 0.15) is 83.1 Å². The molecule has 2 N–H and O–H groups in total. The van der Waals surface area contributed by atoms with Gasteiger partial charge in [-0.3, -0.25) is 9.59 Å². The summed E-state index contributed by atoms with van der Waals surface area (Å²) in [5, 5.41) is 20.1. The molecular weight excluding hydrogens is 400 g/mol. The van der Waals surface area contributed by atoms with E-state index in [1.807, 2.05) is 90.1 Å². The minimum Gasteiger partial charge on any atom is -0.481 e. The molecule has 0 saturated heterocycles. The first-order chi connectivity index (χ1) is 15.0. The summed E-state index contributed by atoms with van der Waals surface area (Å²) in [5.41, 5.74) is 6.06. The molecule has 0 aliphatic rings. The Hall–Kier alpha value is -3.14. The number of benzene rings is 2. The van der Waals surface area contributed by atoms with Gasteiger partial charge < -0.3 is 10.2 Å². The second-order valence-electron chi connectivity index (χ2n) is 8.80. The van der Waals surface area contributed by atoms with E-state index < -0.39 is 17.4 Å². The molecule has 0 unspecified atom stereocenters. The first kappa shape index (κ1) is 25.1. The largest absolute Gasteiger partial charge is 0.481 e. The lowest BCUT2D eigenvalue weighted by atomic mass is 9.66. The van der Waals surface area contributed by atoms with Gasteiger partial charge in [-0.1, -0.05) is 59.7 Å². The van der Waals surface area contributed by atoms with E-state index in [4.69, 9.17) is 0 Å². The van der Waals surface area contributed by atoms with Crippen molar-refractivity contribution in [3.8, 4) is 0 Å². The highest BCUT2D eigenvalue weighted by molar-refractivity contribution is 5.91. The Morgan fingerprint density at radius 1 is 0.719 bits per heavy atom. The second-order valence-corrected chi connectivity index (χ2v) is 8.80. The van der Waals surface area contributed by atoms with Crippen LogP contribution in [0.15, 0.2) is 59.7 Å². The number of carboxylic acid groups (broad SMARTS) is 2. The Labute approximate surface area is 191 Å². The van der Waals surface area contributed by atoms with Crippen LogP contribution in [0.2, 0.25) is 0 Å². The summed E-state index contributed by atoms with van der Waals surface area (Å²) in [4.78, 5) is 24.5. The van der Waals surface area contributed by atoms with E-state index >= 15 is 0 Å². The molecule has 0 atom stereocenters. The normalized spacial score (nSPS) is 11.1. The van der Waals surface area contributed by atoms with Crippen molar-refractivity contribution in [2.45, 2.75) is 66.2 Å². The number of carbonyl (C=O) groups is 2. The SMILES string of the molecule is CC(C)=C(C)c1ccccc1C(CCCC(=O)O)(C(=O)O)c1ccccc1C(C)=C(C)C. The molecule has 0 amide bonds. The van der Waals surface area contributed by atoms with Gasteiger partial charge in [0.15, 0.2) is 0 Å². The molecule has 0 bridgehead atoms. The number of aliphatic carboxylic acids is 2. The van der Waals surface area contributed by atoms with Crippen molar-refractivity contribution in [3.05, 3.63) is 81.9 Å². The van der Waals surface area contributed by atoms with Gasteiger partial charge in [-0.15, -0.1) is 0 Å². The number of hydrogen-bond donors (Lipinski definition) is 2. The minimum absolute atomic E-state index is 0.0807. The number of carboxylic acids is 2. The van der Waals surface area contributed by atoms with Gasteiger partial charge in [0.1, 0.15) is 5.41 Å². The van der Waals surface area contributed by atoms with E-state index in [-0.39, 0.29) is 19.3 Å². The molecule has 2 aromatic carbocycles. The van der Waals surface area contributed by atoms with Crippen LogP contribution in [0.5, 0.6) is 0 Å². The highest BCUT2D eigenvalue weighted by Gasteiger charge is 2.45. The van der Waals surface area contributed by atoms with Crippen LogP contribution in [0.25, 0.3) is 11.1 Å². The fourth-order valence-corrected chi connectivity index (χ4v) is 4.16. The van der Waals surface area contributed by atoms with E-state index in [0.717, 1.165) is 33.4 Å². The quantitative estimate of drug-likeness (QED) is 0.448. The van der Waals surface area contributed by atoms with Crippen molar-refractivity contribution < 1.29 is 19.8 Å². The predicted octanol–water partition coefficient (Wildman–Crippen LogP) is 6.94. The van der Waals surface area contributed by atoms with Crippen molar-refractivity contribution in [2.75, 3.05) is 0 Å². The lowest BCUT2D eigenvalue weighted by molar-refractivity contribution is -0.143. The maximum atomic E-state index is 13.2. The third-order valence-corrected chi connectivity index (χ3v) is 6.39. The Morgan fingerprint density at radius 2 is 1.12 bits per heavy atom. The van der Waals surface area contributed by atoms with Crippen molar-refractivity contribution in [1.82, 2.24) is 0 Å². The summed E-state index contributed by atoms with van der Waals surface area (Å²) in [6.45, 7) is 12.1. The van der Waals surface area contributed by atoms with Gasteiger partial charge in [0, 0.05) is 6.42 Å².